The molecule has 0 aromatic heterocycles. The molecule has 4 heteroatoms. The molecule has 0 saturated heterocycles. The monoisotopic (exact) mass is 496 g/mol. The molecule has 37 heavy (non-hydrogen) atoms. The molecular weight excluding hydrogens is 456 g/mol. The Kier molecular flexibility index (Phi) is 7.83. The van der Waals surface area contributed by atoms with Gasteiger partial charge in [-0.3, -0.25) is 4.90 Å². The van der Waals surface area contributed by atoms with Crippen molar-refractivity contribution in [2.24, 2.45) is 5.92 Å². The highest BCUT2D eigenvalue weighted by molar-refractivity contribution is 6.03. The lowest BCUT2D eigenvalue weighted by molar-refractivity contribution is 0.188. The Labute approximate surface area is 222 Å². The molecule has 1 unspecified atom stereocenters. The number of anilines is 2. The van der Waals surface area contributed by atoms with Gasteiger partial charge in [-0.25, -0.2) is 4.79 Å². The zero-order valence-corrected chi connectivity index (χ0v) is 22.5. The number of rotatable bonds is 6. The summed E-state index contributed by atoms with van der Waals surface area (Å²) in [5.41, 5.74) is 6.60. The number of nitrogens with zero attached hydrogens (tertiary/aromatic N) is 1. The van der Waals surface area contributed by atoms with Gasteiger partial charge in [0.15, 0.2) is 0 Å². The number of benzene rings is 3. The van der Waals surface area contributed by atoms with Crippen molar-refractivity contribution in [1.82, 2.24) is 0 Å². The molecule has 3 aromatic carbocycles. The smallest absolute Gasteiger partial charge is 0.326 e. The van der Waals surface area contributed by atoms with Crippen LogP contribution in [0, 0.1) is 5.92 Å². The average Bonchev–Trinajstić information content (AvgIpc) is 2.96. The van der Waals surface area contributed by atoms with Crippen LogP contribution in [-0.2, 0) is 6.42 Å². The van der Waals surface area contributed by atoms with Crippen LogP contribution < -0.4 is 15.0 Å². The number of carbonyl (C=O) groups excluding carboxylic acids is 1. The molecule has 4 nitrogen and oxygen atoms in total. The molecule has 5 rings (SSSR count). The van der Waals surface area contributed by atoms with Gasteiger partial charge in [-0.2, -0.15) is 0 Å². The van der Waals surface area contributed by atoms with Crippen LogP contribution in [0.25, 0.3) is 11.1 Å². The molecule has 3 aromatic rings. The van der Waals surface area contributed by atoms with Crippen molar-refractivity contribution in [3.8, 4) is 16.9 Å². The predicted molar refractivity (Wildman–Crippen MR) is 154 cm³/mol. The summed E-state index contributed by atoms with van der Waals surface area (Å²) in [5, 5.41) is 3.14. The van der Waals surface area contributed by atoms with Gasteiger partial charge in [-0.15, -0.1) is 0 Å². The van der Waals surface area contributed by atoms with Gasteiger partial charge in [0.1, 0.15) is 11.9 Å². The molecule has 1 atom stereocenters. The first kappa shape index (κ1) is 25.4. The van der Waals surface area contributed by atoms with E-state index in [0.717, 1.165) is 47.0 Å². The second kappa shape index (κ2) is 11.4. The number of fused-ring (bicyclic) bond motifs is 1. The van der Waals surface area contributed by atoms with Crippen LogP contribution in [0.2, 0.25) is 0 Å². The minimum Gasteiger partial charge on any atom is -0.486 e. The molecule has 0 spiro atoms. The van der Waals surface area contributed by atoms with Gasteiger partial charge in [0.05, 0.1) is 12.2 Å². The molecule has 0 bridgehead atoms. The number of amides is 2. The van der Waals surface area contributed by atoms with Crippen molar-refractivity contribution in [3.63, 3.8) is 0 Å². The Balaban J connectivity index is 1.35. The lowest BCUT2D eigenvalue weighted by Crippen LogP contribution is -2.45. The standard InChI is InChI=1S/C33H40N2O2/c1-4-23-11-13-25(14-12-23)26-15-17-27(18-16-26)28-19-20-31-32(21-28)37-29(6-3)22-35(31)33(36)34-30-10-8-7-9-24(30)5-2/h7-10,15-21,23,25,29H,4-6,11-14,22H2,1-3H3,(H,34,36). The fourth-order valence-electron chi connectivity index (χ4n) is 5.92. The summed E-state index contributed by atoms with van der Waals surface area (Å²) in [5.74, 6) is 2.39. The number of aryl methyl sites for hydroxylation is 1. The third-order valence-corrected chi connectivity index (χ3v) is 8.41. The van der Waals surface area contributed by atoms with E-state index in [-0.39, 0.29) is 12.1 Å². The van der Waals surface area contributed by atoms with E-state index in [2.05, 4.69) is 68.6 Å². The van der Waals surface area contributed by atoms with Gasteiger partial charge in [0.25, 0.3) is 0 Å². The number of urea groups is 1. The third kappa shape index (κ3) is 5.53. The fraction of sp³-hybridized carbons (Fsp3) is 0.424. The van der Waals surface area contributed by atoms with E-state index in [4.69, 9.17) is 4.74 Å². The molecule has 2 aliphatic rings. The molecule has 194 valence electrons. The zero-order chi connectivity index (χ0) is 25.8. The van der Waals surface area contributed by atoms with Crippen LogP contribution in [0.5, 0.6) is 5.75 Å². The van der Waals surface area contributed by atoms with E-state index >= 15 is 0 Å². The Hall–Kier alpha value is -3.27. The van der Waals surface area contributed by atoms with Crippen LogP contribution in [0.1, 0.15) is 76.3 Å². The maximum absolute atomic E-state index is 13.4. The molecule has 1 fully saturated rings. The highest BCUT2D eigenvalue weighted by Gasteiger charge is 2.30. The van der Waals surface area contributed by atoms with E-state index < -0.39 is 0 Å². The molecule has 1 heterocycles. The van der Waals surface area contributed by atoms with Crippen molar-refractivity contribution in [1.29, 1.82) is 0 Å². The third-order valence-electron chi connectivity index (χ3n) is 8.41. The Morgan fingerprint density at radius 3 is 2.32 bits per heavy atom. The second-order valence-electron chi connectivity index (χ2n) is 10.6. The quantitative estimate of drug-likeness (QED) is 0.370. The predicted octanol–water partition coefficient (Wildman–Crippen LogP) is 8.81. The first-order valence-corrected chi connectivity index (χ1v) is 14.2. The molecule has 0 radical (unpaired) electrons. The van der Waals surface area contributed by atoms with Gasteiger partial charge < -0.3 is 10.1 Å². The van der Waals surface area contributed by atoms with Crippen molar-refractivity contribution >= 4 is 17.4 Å². The van der Waals surface area contributed by atoms with Gasteiger partial charge in [-0.1, -0.05) is 75.7 Å². The Morgan fingerprint density at radius 2 is 1.62 bits per heavy atom. The number of nitrogens with one attached hydrogen (secondary N) is 1. The summed E-state index contributed by atoms with van der Waals surface area (Å²) in [6, 6.07) is 23.2. The summed E-state index contributed by atoms with van der Waals surface area (Å²) in [7, 11) is 0. The van der Waals surface area contributed by atoms with Crippen LogP contribution in [0.3, 0.4) is 0 Å². The second-order valence-corrected chi connectivity index (χ2v) is 10.6. The number of para-hydroxylation sites is 1. The Bertz CT molecular complexity index is 1210. The maximum Gasteiger partial charge on any atom is 0.326 e. The average molecular weight is 497 g/mol. The van der Waals surface area contributed by atoms with Gasteiger partial charge in [0.2, 0.25) is 0 Å². The van der Waals surface area contributed by atoms with Gasteiger partial charge >= 0.3 is 6.03 Å². The summed E-state index contributed by atoms with van der Waals surface area (Å²) >= 11 is 0. The molecule has 1 saturated carbocycles. The SMILES string of the molecule is CCc1ccccc1NC(=O)N1CC(CC)Oc2cc(-c3ccc(C4CCC(CC)CC4)cc3)ccc21. The minimum absolute atomic E-state index is 0.0319. The molecular formula is C33H40N2O2. The molecule has 1 N–H and O–H groups in total. The fourth-order valence-corrected chi connectivity index (χ4v) is 5.92. The first-order valence-electron chi connectivity index (χ1n) is 14.2. The number of hydrogen-bond acceptors (Lipinski definition) is 2. The summed E-state index contributed by atoms with van der Waals surface area (Å²) in [6.45, 7) is 7.07. The first-order chi connectivity index (χ1) is 18.1. The summed E-state index contributed by atoms with van der Waals surface area (Å²) < 4.78 is 6.34. The van der Waals surface area contributed by atoms with Crippen LogP contribution in [0.15, 0.2) is 66.7 Å². The topological polar surface area (TPSA) is 41.6 Å². The van der Waals surface area contributed by atoms with Gasteiger partial charge in [0, 0.05) is 5.69 Å². The highest BCUT2D eigenvalue weighted by atomic mass is 16.5. The largest absolute Gasteiger partial charge is 0.486 e. The van der Waals surface area contributed by atoms with E-state index in [1.54, 1.807) is 0 Å². The van der Waals surface area contributed by atoms with E-state index in [1.165, 1.54) is 43.2 Å². The lowest BCUT2D eigenvalue weighted by atomic mass is 9.77. The van der Waals surface area contributed by atoms with Crippen molar-refractivity contribution in [2.45, 2.75) is 77.7 Å². The number of ether oxygens (including phenoxy) is 1. The van der Waals surface area contributed by atoms with E-state index in [0.29, 0.717) is 12.5 Å². The van der Waals surface area contributed by atoms with Crippen LogP contribution >= 0.6 is 0 Å². The highest BCUT2D eigenvalue weighted by Crippen LogP contribution is 2.40. The molecule has 2 amide bonds. The van der Waals surface area contributed by atoms with Gasteiger partial charge in [-0.05, 0) is 90.8 Å². The van der Waals surface area contributed by atoms with Crippen LogP contribution in [0.4, 0.5) is 16.2 Å². The normalized spacial score (nSPS) is 21.2. The molecule has 1 aliphatic carbocycles. The summed E-state index contributed by atoms with van der Waals surface area (Å²) in [6.07, 6.45) is 8.33. The van der Waals surface area contributed by atoms with E-state index in [1.807, 2.05) is 29.2 Å². The number of hydrogen-bond donors (Lipinski definition) is 1. The minimum atomic E-state index is -0.112. The van der Waals surface area contributed by atoms with Crippen molar-refractivity contribution < 1.29 is 9.53 Å². The summed E-state index contributed by atoms with van der Waals surface area (Å²) in [4.78, 5) is 15.2. The van der Waals surface area contributed by atoms with E-state index in [9.17, 15) is 4.79 Å². The van der Waals surface area contributed by atoms with Crippen molar-refractivity contribution in [3.05, 3.63) is 77.9 Å². The zero-order valence-electron chi connectivity index (χ0n) is 22.5. The Morgan fingerprint density at radius 1 is 0.892 bits per heavy atom. The van der Waals surface area contributed by atoms with Crippen LogP contribution in [-0.4, -0.2) is 18.7 Å². The lowest BCUT2D eigenvalue weighted by Gasteiger charge is -2.35. The molecule has 1 aliphatic heterocycles. The van der Waals surface area contributed by atoms with Crippen molar-refractivity contribution in [2.75, 3.05) is 16.8 Å². The maximum atomic E-state index is 13.4. The number of carbonyl (C=O) groups is 1.